The molecular weight excluding hydrogens is 366 g/mol. The van der Waals surface area contributed by atoms with Gasteiger partial charge in [0.25, 0.3) is 0 Å². The fourth-order valence-corrected chi connectivity index (χ4v) is 5.18. The van der Waals surface area contributed by atoms with Crippen LogP contribution in [0.5, 0.6) is 0 Å². The molecule has 2 saturated heterocycles. The minimum absolute atomic E-state index is 0.0859. The number of ether oxygens (including phenoxy) is 1. The van der Waals surface area contributed by atoms with Crippen LogP contribution in [-0.4, -0.2) is 73.4 Å². The predicted molar refractivity (Wildman–Crippen MR) is 106 cm³/mol. The topological polar surface area (TPSA) is 87.7 Å². The first-order valence-corrected chi connectivity index (χ1v) is 11.5. The summed E-state index contributed by atoms with van der Waals surface area (Å²) in [6, 6.07) is 2.11. The Kier molecular flexibility index (Phi) is 6.22. The molecule has 27 heavy (non-hydrogen) atoms. The average Bonchev–Trinajstić information content (AvgIpc) is 2.61. The quantitative estimate of drug-likeness (QED) is 0.807. The standard InChI is InChI=1S/C18H31N5O3S/c1-13(2)18-15(6-5-9-26-18)21-16-10-17(20-12-19-16)22-7-8-23(14(3)11-22)27(4,24)25/h10,12-15,18H,5-9,11H2,1-4H3,(H,19,20,21)/t14-,15-,18-/m0/s1. The van der Waals surface area contributed by atoms with Crippen molar-refractivity contribution in [1.82, 2.24) is 14.3 Å². The number of nitrogens with zero attached hydrogens (tertiary/aromatic N) is 4. The van der Waals surface area contributed by atoms with E-state index in [2.05, 4.69) is 34.0 Å². The molecule has 2 aliphatic rings. The highest BCUT2D eigenvalue weighted by Crippen LogP contribution is 2.25. The zero-order chi connectivity index (χ0) is 19.6. The summed E-state index contributed by atoms with van der Waals surface area (Å²) in [5.41, 5.74) is 0. The molecule has 3 atom stereocenters. The number of nitrogens with one attached hydrogen (secondary N) is 1. The van der Waals surface area contributed by atoms with Crippen LogP contribution in [0, 0.1) is 5.92 Å². The van der Waals surface area contributed by atoms with Gasteiger partial charge in [-0.15, -0.1) is 0 Å². The molecule has 0 amide bonds. The monoisotopic (exact) mass is 397 g/mol. The first kappa shape index (κ1) is 20.3. The van der Waals surface area contributed by atoms with E-state index in [0.29, 0.717) is 25.6 Å². The van der Waals surface area contributed by atoms with Gasteiger partial charge in [0, 0.05) is 38.3 Å². The SMILES string of the molecule is CC(C)[C@@H]1OCCC[C@@H]1Nc1cc(N2CCN(S(C)(=O)=O)[C@@H](C)C2)ncn1. The van der Waals surface area contributed by atoms with Crippen molar-refractivity contribution in [2.75, 3.05) is 42.7 Å². The smallest absolute Gasteiger partial charge is 0.211 e. The Morgan fingerprint density at radius 3 is 2.74 bits per heavy atom. The first-order chi connectivity index (χ1) is 12.8. The highest BCUT2D eigenvalue weighted by atomic mass is 32.2. The highest BCUT2D eigenvalue weighted by Gasteiger charge is 2.31. The van der Waals surface area contributed by atoms with E-state index in [0.717, 1.165) is 31.1 Å². The molecule has 0 aliphatic carbocycles. The fourth-order valence-electron chi connectivity index (χ4n) is 4.05. The Balaban J connectivity index is 1.69. The minimum Gasteiger partial charge on any atom is -0.376 e. The van der Waals surface area contributed by atoms with E-state index >= 15 is 0 Å². The van der Waals surface area contributed by atoms with Crippen LogP contribution < -0.4 is 10.2 Å². The predicted octanol–water partition coefficient (Wildman–Crippen LogP) is 1.56. The molecule has 3 heterocycles. The van der Waals surface area contributed by atoms with E-state index in [1.165, 1.54) is 6.26 Å². The van der Waals surface area contributed by atoms with Crippen LogP contribution in [0.25, 0.3) is 0 Å². The van der Waals surface area contributed by atoms with Gasteiger partial charge in [-0.3, -0.25) is 0 Å². The maximum atomic E-state index is 11.9. The van der Waals surface area contributed by atoms with E-state index in [1.54, 1.807) is 10.6 Å². The van der Waals surface area contributed by atoms with Gasteiger partial charge < -0.3 is 15.0 Å². The Bertz CT molecular complexity index is 742. The molecule has 2 fully saturated rings. The lowest BCUT2D eigenvalue weighted by molar-refractivity contribution is -0.0203. The number of hydrogen-bond acceptors (Lipinski definition) is 7. The summed E-state index contributed by atoms with van der Waals surface area (Å²) < 4.78 is 31.2. The van der Waals surface area contributed by atoms with Crippen molar-refractivity contribution in [3.8, 4) is 0 Å². The van der Waals surface area contributed by atoms with Crippen LogP contribution in [0.15, 0.2) is 12.4 Å². The van der Waals surface area contributed by atoms with Crippen molar-refractivity contribution < 1.29 is 13.2 Å². The average molecular weight is 398 g/mol. The number of hydrogen-bond donors (Lipinski definition) is 1. The normalized spacial score (nSPS) is 27.7. The summed E-state index contributed by atoms with van der Waals surface area (Å²) in [6.45, 7) is 8.81. The first-order valence-electron chi connectivity index (χ1n) is 9.67. The van der Waals surface area contributed by atoms with E-state index in [1.807, 2.05) is 13.0 Å². The summed E-state index contributed by atoms with van der Waals surface area (Å²) >= 11 is 0. The molecule has 3 rings (SSSR count). The molecule has 1 N–H and O–H groups in total. The van der Waals surface area contributed by atoms with Gasteiger partial charge in [-0.05, 0) is 25.7 Å². The molecule has 0 radical (unpaired) electrons. The Labute approximate surface area is 162 Å². The van der Waals surface area contributed by atoms with E-state index in [4.69, 9.17) is 4.74 Å². The van der Waals surface area contributed by atoms with E-state index in [-0.39, 0.29) is 18.2 Å². The van der Waals surface area contributed by atoms with Gasteiger partial charge in [-0.25, -0.2) is 18.4 Å². The van der Waals surface area contributed by atoms with Crippen LogP contribution in [0.1, 0.15) is 33.6 Å². The fraction of sp³-hybridized carbons (Fsp3) is 0.778. The van der Waals surface area contributed by atoms with Gasteiger partial charge in [-0.2, -0.15) is 4.31 Å². The Hall–Kier alpha value is -1.45. The second-order valence-electron chi connectivity index (χ2n) is 7.90. The van der Waals surface area contributed by atoms with Crippen LogP contribution in [0.2, 0.25) is 0 Å². The maximum absolute atomic E-state index is 11.9. The number of anilines is 2. The zero-order valence-corrected chi connectivity index (χ0v) is 17.4. The van der Waals surface area contributed by atoms with Gasteiger partial charge in [-0.1, -0.05) is 13.8 Å². The second kappa shape index (κ2) is 8.28. The van der Waals surface area contributed by atoms with Gasteiger partial charge >= 0.3 is 0 Å². The summed E-state index contributed by atoms with van der Waals surface area (Å²) in [6.07, 6.45) is 5.12. The molecule has 8 nitrogen and oxygen atoms in total. The second-order valence-corrected chi connectivity index (χ2v) is 9.84. The van der Waals surface area contributed by atoms with Crippen molar-refractivity contribution in [2.45, 2.75) is 51.8 Å². The lowest BCUT2D eigenvalue weighted by Crippen LogP contribution is -2.53. The lowest BCUT2D eigenvalue weighted by Gasteiger charge is -2.39. The molecule has 0 saturated carbocycles. The molecule has 2 aliphatic heterocycles. The van der Waals surface area contributed by atoms with Gasteiger partial charge in [0.15, 0.2) is 0 Å². The van der Waals surface area contributed by atoms with Gasteiger partial charge in [0.1, 0.15) is 18.0 Å². The van der Waals surface area contributed by atoms with Gasteiger partial charge in [0.05, 0.1) is 18.4 Å². The third kappa shape index (κ3) is 4.89. The molecule has 9 heteroatoms. The van der Waals surface area contributed by atoms with Crippen LogP contribution >= 0.6 is 0 Å². The van der Waals surface area contributed by atoms with Crippen LogP contribution in [0.4, 0.5) is 11.6 Å². The van der Waals surface area contributed by atoms with Crippen molar-refractivity contribution >= 4 is 21.7 Å². The summed E-state index contributed by atoms with van der Waals surface area (Å²) in [5, 5.41) is 3.53. The molecule has 1 aromatic heterocycles. The minimum atomic E-state index is -3.17. The molecular formula is C18H31N5O3S. The zero-order valence-electron chi connectivity index (χ0n) is 16.6. The molecule has 0 bridgehead atoms. The molecule has 152 valence electrons. The highest BCUT2D eigenvalue weighted by molar-refractivity contribution is 7.88. The van der Waals surface area contributed by atoms with Crippen LogP contribution in [0.3, 0.4) is 0 Å². The van der Waals surface area contributed by atoms with E-state index in [9.17, 15) is 8.42 Å². The summed E-state index contributed by atoms with van der Waals surface area (Å²) in [7, 11) is -3.17. The largest absolute Gasteiger partial charge is 0.376 e. The number of aromatic nitrogens is 2. The Morgan fingerprint density at radius 1 is 1.30 bits per heavy atom. The van der Waals surface area contributed by atoms with Crippen molar-refractivity contribution in [3.63, 3.8) is 0 Å². The third-order valence-electron chi connectivity index (χ3n) is 5.33. The Morgan fingerprint density at radius 2 is 2.07 bits per heavy atom. The third-order valence-corrected chi connectivity index (χ3v) is 6.72. The molecule has 0 aromatic carbocycles. The number of sulfonamides is 1. The maximum Gasteiger partial charge on any atom is 0.211 e. The van der Waals surface area contributed by atoms with E-state index < -0.39 is 10.0 Å². The molecule has 0 spiro atoms. The van der Waals surface area contributed by atoms with Crippen molar-refractivity contribution in [1.29, 1.82) is 0 Å². The van der Waals surface area contributed by atoms with Crippen molar-refractivity contribution in [3.05, 3.63) is 12.4 Å². The molecule has 1 aromatic rings. The summed E-state index contributed by atoms with van der Waals surface area (Å²) in [4.78, 5) is 10.9. The summed E-state index contributed by atoms with van der Waals surface area (Å²) in [5.74, 6) is 2.05. The lowest BCUT2D eigenvalue weighted by atomic mass is 9.94. The van der Waals surface area contributed by atoms with Gasteiger partial charge in [0.2, 0.25) is 10.0 Å². The van der Waals surface area contributed by atoms with Crippen molar-refractivity contribution in [2.24, 2.45) is 5.92 Å². The van der Waals surface area contributed by atoms with Crippen LogP contribution in [-0.2, 0) is 14.8 Å². The number of piperazine rings is 1. The molecule has 0 unspecified atom stereocenters. The number of rotatable bonds is 5.